The molecule has 1 aromatic rings. The predicted molar refractivity (Wildman–Crippen MR) is 65.4 cm³/mol. The molecule has 1 aromatic heterocycles. The van der Waals surface area contributed by atoms with Gasteiger partial charge in [0, 0.05) is 26.1 Å². The Bertz CT molecular complexity index is 479. The Kier molecular flexibility index (Phi) is 4.01. The number of hydrogen-bond acceptors (Lipinski definition) is 7. The van der Waals surface area contributed by atoms with E-state index in [1.54, 1.807) is 0 Å². The van der Waals surface area contributed by atoms with Crippen LogP contribution >= 0.6 is 11.6 Å². The average Bonchev–Trinajstić information content (AvgIpc) is 2.38. The van der Waals surface area contributed by atoms with Gasteiger partial charge in [-0.1, -0.05) is 0 Å². The van der Waals surface area contributed by atoms with E-state index in [1.807, 2.05) is 0 Å². The van der Waals surface area contributed by atoms with E-state index < -0.39 is 11.5 Å². The van der Waals surface area contributed by atoms with Crippen LogP contribution in [0.4, 0.5) is 5.95 Å². The molecule has 1 fully saturated rings. The summed E-state index contributed by atoms with van der Waals surface area (Å²) in [5, 5.41) is 12.1. The Labute approximate surface area is 114 Å². The molecule has 1 aliphatic rings. The lowest BCUT2D eigenvalue weighted by Crippen LogP contribution is -2.50. The summed E-state index contributed by atoms with van der Waals surface area (Å²) in [6, 6.07) is 0.0232. The molecule has 2 rings (SSSR count). The molecule has 0 spiro atoms. The van der Waals surface area contributed by atoms with Crippen LogP contribution in [-0.2, 0) is 9.53 Å². The van der Waals surface area contributed by atoms with Crippen molar-refractivity contribution in [1.29, 1.82) is 0 Å². The minimum atomic E-state index is -1.16. The number of aromatic nitrogens is 3. The molecule has 8 nitrogen and oxygen atoms in total. The summed E-state index contributed by atoms with van der Waals surface area (Å²) in [7, 11) is 1.39. The zero-order chi connectivity index (χ0) is 13.9. The van der Waals surface area contributed by atoms with Gasteiger partial charge in [0.2, 0.25) is 11.2 Å². The van der Waals surface area contributed by atoms with Gasteiger partial charge in [-0.15, -0.1) is 0 Å². The lowest BCUT2D eigenvalue weighted by molar-refractivity contribution is -0.145. The number of nitrogens with zero attached hydrogens (tertiary/aromatic N) is 3. The molecule has 2 N–H and O–H groups in total. The minimum absolute atomic E-state index is 0.0232. The van der Waals surface area contributed by atoms with Crippen LogP contribution in [0.2, 0.25) is 5.28 Å². The van der Waals surface area contributed by atoms with E-state index in [1.165, 1.54) is 7.11 Å². The number of hydrogen-bond donors (Lipinski definition) is 2. The van der Waals surface area contributed by atoms with E-state index in [0.29, 0.717) is 26.1 Å². The Morgan fingerprint density at radius 2 is 2.11 bits per heavy atom. The molecule has 0 saturated carbocycles. The molecular weight excluding hydrogens is 276 g/mol. The van der Waals surface area contributed by atoms with Crippen molar-refractivity contribution < 1.29 is 19.4 Å². The van der Waals surface area contributed by atoms with Crippen LogP contribution in [0, 0.1) is 0 Å². The number of halogens is 1. The van der Waals surface area contributed by atoms with Gasteiger partial charge in [0.1, 0.15) is 5.54 Å². The number of aliphatic carboxylic acids is 1. The van der Waals surface area contributed by atoms with Gasteiger partial charge < -0.3 is 19.9 Å². The number of methoxy groups -OCH3 is 1. The molecule has 19 heavy (non-hydrogen) atoms. The number of carboxylic acids is 1. The van der Waals surface area contributed by atoms with Gasteiger partial charge in [-0.3, -0.25) is 0 Å². The van der Waals surface area contributed by atoms with Gasteiger partial charge >= 0.3 is 12.0 Å². The second kappa shape index (κ2) is 5.54. The van der Waals surface area contributed by atoms with E-state index in [4.69, 9.17) is 21.1 Å². The summed E-state index contributed by atoms with van der Waals surface area (Å²) >= 11 is 5.72. The van der Waals surface area contributed by atoms with Gasteiger partial charge in [0.15, 0.2) is 0 Å². The van der Waals surface area contributed by atoms with Crippen molar-refractivity contribution in [3.8, 4) is 6.01 Å². The Morgan fingerprint density at radius 1 is 1.42 bits per heavy atom. The van der Waals surface area contributed by atoms with Crippen LogP contribution in [-0.4, -0.2) is 51.9 Å². The summed E-state index contributed by atoms with van der Waals surface area (Å²) in [6.07, 6.45) is 0.627. The number of carbonyl (C=O) groups is 1. The summed E-state index contributed by atoms with van der Waals surface area (Å²) in [4.78, 5) is 23.0. The normalized spacial score (nSPS) is 17.8. The van der Waals surface area contributed by atoms with Crippen molar-refractivity contribution in [3.63, 3.8) is 0 Å². The second-order valence-corrected chi connectivity index (χ2v) is 4.38. The molecule has 1 aliphatic heterocycles. The van der Waals surface area contributed by atoms with Crippen LogP contribution in [0.25, 0.3) is 0 Å². The third-order valence-electron chi connectivity index (χ3n) is 2.88. The molecule has 0 bridgehead atoms. The van der Waals surface area contributed by atoms with Crippen molar-refractivity contribution in [3.05, 3.63) is 5.28 Å². The van der Waals surface area contributed by atoms with Crippen LogP contribution in [0.5, 0.6) is 6.01 Å². The third-order valence-corrected chi connectivity index (χ3v) is 3.05. The molecule has 0 aromatic carbocycles. The highest BCUT2D eigenvalue weighted by molar-refractivity contribution is 6.28. The van der Waals surface area contributed by atoms with Crippen molar-refractivity contribution >= 4 is 23.5 Å². The molecular formula is C10H13ClN4O4. The van der Waals surface area contributed by atoms with Crippen molar-refractivity contribution in [2.45, 2.75) is 18.4 Å². The van der Waals surface area contributed by atoms with E-state index in [0.717, 1.165) is 0 Å². The lowest BCUT2D eigenvalue weighted by Gasteiger charge is -2.33. The average molecular weight is 289 g/mol. The summed E-state index contributed by atoms with van der Waals surface area (Å²) in [5.74, 6) is -0.910. The fourth-order valence-corrected chi connectivity index (χ4v) is 1.96. The van der Waals surface area contributed by atoms with E-state index in [9.17, 15) is 9.90 Å². The molecule has 0 amide bonds. The van der Waals surface area contributed by atoms with Gasteiger partial charge in [0.25, 0.3) is 0 Å². The number of rotatable bonds is 4. The first kappa shape index (κ1) is 13.8. The monoisotopic (exact) mass is 288 g/mol. The van der Waals surface area contributed by atoms with Crippen molar-refractivity contribution in [2.24, 2.45) is 0 Å². The molecule has 0 radical (unpaired) electrons. The van der Waals surface area contributed by atoms with Gasteiger partial charge in [-0.2, -0.15) is 15.0 Å². The zero-order valence-electron chi connectivity index (χ0n) is 10.2. The van der Waals surface area contributed by atoms with E-state index in [2.05, 4.69) is 20.3 Å². The predicted octanol–water partition coefficient (Wildman–Crippen LogP) is 0.579. The number of carboxylic acid groups (broad SMARTS) is 1. The molecule has 104 valence electrons. The fourth-order valence-electron chi connectivity index (χ4n) is 1.81. The fraction of sp³-hybridized carbons (Fsp3) is 0.600. The molecule has 2 heterocycles. The third kappa shape index (κ3) is 3.02. The van der Waals surface area contributed by atoms with E-state index >= 15 is 0 Å². The van der Waals surface area contributed by atoms with Crippen molar-refractivity contribution in [1.82, 2.24) is 15.0 Å². The SMILES string of the molecule is COc1nc(Cl)nc(NC2(C(=O)O)CCOCC2)n1. The highest BCUT2D eigenvalue weighted by atomic mass is 35.5. The summed E-state index contributed by atoms with van der Waals surface area (Å²) < 4.78 is 10.0. The second-order valence-electron chi connectivity index (χ2n) is 4.04. The first-order valence-corrected chi connectivity index (χ1v) is 5.98. The topological polar surface area (TPSA) is 106 Å². The highest BCUT2D eigenvalue weighted by Gasteiger charge is 2.41. The Hall–Kier alpha value is -1.67. The van der Waals surface area contributed by atoms with Crippen LogP contribution in [0.3, 0.4) is 0 Å². The molecule has 0 aliphatic carbocycles. The van der Waals surface area contributed by atoms with Gasteiger partial charge in [0.05, 0.1) is 7.11 Å². The van der Waals surface area contributed by atoms with Crippen molar-refractivity contribution in [2.75, 3.05) is 25.6 Å². The Balaban J connectivity index is 2.26. The summed E-state index contributed by atoms with van der Waals surface area (Å²) in [6.45, 7) is 0.713. The Morgan fingerprint density at radius 3 is 2.68 bits per heavy atom. The standard InChI is InChI=1S/C10H13ClN4O4/c1-18-9-13-7(11)12-8(14-9)15-10(6(16)17)2-4-19-5-3-10/h2-5H2,1H3,(H,16,17)(H,12,13,14,15). The van der Waals surface area contributed by atoms with Gasteiger partial charge in [-0.05, 0) is 11.6 Å². The maximum Gasteiger partial charge on any atom is 0.329 e. The quantitative estimate of drug-likeness (QED) is 0.828. The molecule has 0 unspecified atom stereocenters. The molecule has 1 saturated heterocycles. The van der Waals surface area contributed by atoms with E-state index in [-0.39, 0.29) is 17.2 Å². The first-order chi connectivity index (χ1) is 9.05. The smallest absolute Gasteiger partial charge is 0.329 e. The van der Waals surface area contributed by atoms with Crippen LogP contribution in [0.1, 0.15) is 12.8 Å². The number of nitrogens with one attached hydrogen (secondary N) is 1. The molecule has 9 heteroatoms. The largest absolute Gasteiger partial charge is 0.480 e. The number of ether oxygens (including phenoxy) is 2. The molecule has 0 atom stereocenters. The zero-order valence-corrected chi connectivity index (χ0v) is 11.0. The minimum Gasteiger partial charge on any atom is -0.480 e. The van der Waals surface area contributed by atoms with Crippen LogP contribution < -0.4 is 10.1 Å². The highest BCUT2D eigenvalue weighted by Crippen LogP contribution is 2.25. The lowest BCUT2D eigenvalue weighted by atomic mass is 9.90. The maximum absolute atomic E-state index is 11.5. The van der Waals surface area contributed by atoms with Crippen LogP contribution in [0.15, 0.2) is 0 Å². The number of anilines is 1. The van der Waals surface area contributed by atoms with Gasteiger partial charge in [-0.25, -0.2) is 4.79 Å². The summed E-state index contributed by atoms with van der Waals surface area (Å²) in [5.41, 5.74) is -1.16. The maximum atomic E-state index is 11.5. The first-order valence-electron chi connectivity index (χ1n) is 5.61.